The molecule has 2 unspecified atom stereocenters. The molecule has 0 spiro atoms. The Morgan fingerprint density at radius 1 is 1.17 bits per heavy atom. The fraction of sp³-hybridized carbons (Fsp3) is 0.786. The molecule has 2 aliphatic carbocycles. The average molecular weight is 283 g/mol. The highest BCUT2D eigenvalue weighted by atomic mass is 28.3. The molecule has 0 bridgehead atoms. The number of carbonyl (C=O) groups excluding carboxylic acids is 1. The Morgan fingerprint density at radius 3 is 1.94 bits per heavy atom. The first-order valence-electron chi connectivity index (χ1n) is 6.83. The molecule has 18 heavy (non-hydrogen) atoms. The van der Waals surface area contributed by atoms with Crippen LogP contribution >= 0.6 is 0 Å². The van der Waals surface area contributed by atoms with Gasteiger partial charge in [-0.25, -0.2) is 0 Å². The Bertz CT molecular complexity index is 453. The van der Waals surface area contributed by atoms with Gasteiger partial charge in [0.15, 0.2) is 5.78 Å². The van der Waals surface area contributed by atoms with E-state index in [1.54, 1.807) is 0 Å². The second kappa shape index (κ2) is 3.46. The maximum absolute atomic E-state index is 13.0. The van der Waals surface area contributed by atoms with Gasteiger partial charge >= 0.3 is 0 Å². The fourth-order valence-electron chi connectivity index (χ4n) is 4.29. The van der Waals surface area contributed by atoms with Crippen molar-refractivity contribution >= 4 is 21.9 Å². The Labute approximate surface area is 112 Å². The van der Waals surface area contributed by atoms with Crippen molar-refractivity contribution in [1.82, 2.24) is 0 Å². The van der Waals surface area contributed by atoms with E-state index in [1.807, 2.05) is 0 Å². The highest BCUT2D eigenvalue weighted by molar-refractivity contribution is 6.92. The molecule has 2 aliphatic rings. The lowest BCUT2D eigenvalue weighted by Gasteiger charge is -2.30. The summed E-state index contributed by atoms with van der Waals surface area (Å²) in [6.45, 7) is 15.9. The minimum atomic E-state index is -1.66. The third-order valence-corrected chi connectivity index (χ3v) is 10.8. The molecule has 0 aromatic heterocycles. The highest BCUT2D eigenvalue weighted by Gasteiger charge is 2.79. The number of rotatable bonds is 3. The molecule has 1 fully saturated rings. The van der Waals surface area contributed by atoms with E-state index in [2.05, 4.69) is 46.2 Å². The Hall–Kier alpha value is -0.196. The molecule has 0 aromatic carbocycles. The van der Waals surface area contributed by atoms with Crippen LogP contribution in [0.2, 0.25) is 44.3 Å². The minimum absolute atomic E-state index is 0.0150. The maximum Gasteiger partial charge on any atom is 0.159 e. The molecule has 0 amide bonds. The number of aliphatic hydroxyl groups excluding tert-OH is 1. The highest BCUT2D eigenvalue weighted by Crippen LogP contribution is 2.82. The summed E-state index contributed by atoms with van der Waals surface area (Å²) in [5, 5.41) is 10.7. The van der Waals surface area contributed by atoms with Crippen LogP contribution in [-0.4, -0.2) is 33.6 Å². The van der Waals surface area contributed by atoms with Crippen LogP contribution in [-0.2, 0) is 4.79 Å². The predicted molar refractivity (Wildman–Crippen MR) is 81.2 cm³/mol. The quantitative estimate of drug-likeness (QED) is 0.807. The van der Waals surface area contributed by atoms with Crippen LogP contribution in [0.1, 0.15) is 13.3 Å². The van der Waals surface area contributed by atoms with E-state index in [4.69, 9.17) is 0 Å². The van der Waals surface area contributed by atoms with E-state index in [1.165, 1.54) is 0 Å². The van der Waals surface area contributed by atoms with Crippen LogP contribution in [0.15, 0.2) is 10.8 Å². The van der Waals surface area contributed by atoms with E-state index in [0.29, 0.717) is 5.78 Å². The van der Waals surface area contributed by atoms with Crippen molar-refractivity contribution in [2.24, 2.45) is 5.41 Å². The first-order chi connectivity index (χ1) is 7.93. The number of aliphatic hydroxyl groups is 1. The van der Waals surface area contributed by atoms with Crippen LogP contribution < -0.4 is 0 Å². The van der Waals surface area contributed by atoms with Crippen molar-refractivity contribution in [1.29, 1.82) is 0 Å². The van der Waals surface area contributed by atoms with Crippen molar-refractivity contribution in [3.63, 3.8) is 0 Å². The van der Waals surface area contributed by atoms with Gasteiger partial charge in [0.25, 0.3) is 0 Å². The molecule has 0 saturated heterocycles. The van der Waals surface area contributed by atoms with Crippen molar-refractivity contribution in [3.8, 4) is 0 Å². The monoisotopic (exact) mass is 282 g/mol. The maximum atomic E-state index is 13.0. The van der Waals surface area contributed by atoms with Crippen LogP contribution in [0.25, 0.3) is 0 Å². The van der Waals surface area contributed by atoms with Crippen LogP contribution in [0.5, 0.6) is 0 Å². The van der Waals surface area contributed by atoms with Crippen molar-refractivity contribution < 1.29 is 9.90 Å². The molecule has 0 radical (unpaired) electrons. The number of allylic oxidation sites excluding steroid dienone is 1. The van der Waals surface area contributed by atoms with Gasteiger partial charge in [-0.15, -0.1) is 0 Å². The fourth-order valence-corrected chi connectivity index (χ4v) is 10.1. The second-order valence-corrected chi connectivity index (χ2v) is 18.6. The Balaban J connectivity index is 2.62. The van der Waals surface area contributed by atoms with E-state index >= 15 is 0 Å². The lowest BCUT2D eigenvalue weighted by Crippen LogP contribution is -2.40. The second-order valence-electron chi connectivity index (χ2n) is 8.26. The molecule has 2 nitrogen and oxygen atoms in total. The smallest absolute Gasteiger partial charge is 0.159 e. The molecular formula is C14H26O2Si2. The van der Waals surface area contributed by atoms with Gasteiger partial charge in [0, 0.05) is 10.5 Å². The SMILES string of the molecule is CC12CC1([Si](C)(C)C)C(=O)C([Si](C)(C)C)=C2CO. The largest absolute Gasteiger partial charge is 0.392 e. The minimum Gasteiger partial charge on any atom is -0.392 e. The number of ketones is 1. The first-order valence-corrected chi connectivity index (χ1v) is 13.8. The lowest BCUT2D eigenvalue weighted by molar-refractivity contribution is -0.115. The van der Waals surface area contributed by atoms with Gasteiger partial charge in [-0.1, -0.05) is 46.2 Å². The van der Waals surface area contributed by atoms with Crippen molar-refractivity contribution in [2.45, 2.75) is 57.7 Å². The normalized spacial score (nSPS) is 36.1. The average Bonchev–Trinajstić information content (AvgIpc) is 2.74. The summed E-state index contributed by atoms with van der Waals surface area (Å²) < 4.78 is 0. The van der Waals surface area contributed by atoms with Gasteiger partial charge in [-0.05, 0) is 17.2 Å². The van der Waals surface area contributed by atoms with Gasteiger partial charge in [0.05, 0.1) is 22.8 Å². The molecule has 0 heterocycles. The lowest BCUT2D eigenvalue weighted by atomic mass is 10.0. The zero-order valence-corrected chi connectivity index (χ0v) is 14.8. The van der Waals surface area contributed by atoms with Crippen LogP contribution in [0.4, 0.5) is 0 Å². The number of fused-ring (bicyclic) bond motifs is 1. The zero-order valence-electron chi connectivity index (χ0n) is 12.8. The number of carbonyl (C=O) groups is 1. The molecular weight excluding hydrogens is 256 g/mol. The van der Waals surface area contributed by atoms with Gasteiger partial charge in [-0.2, -0.15) is 0 Å². The molecule has 1 N–H and O–H groups in total. The number of Topliss-reactive ketones (excluding diaryl/α,β-unsaturated/α-hetero) is 1. The van der Waals surface area contributed by atoms with Crippen molar-refractivity contribution in [2.75, 3.05) is 6.61 Å². The number of hydrogen-bond donors (Lipinski definition) is 1. The van der Waals surface area contributed by atoms with Crippen LogP contribution in [0, 0.1) is 5.41 Å². The topological polar surface area (TPSA) is 37.3 Å². The molecule has 1 saturated carbocycles. The summed E-state index contributed by atoms with van der Waals surface area (Å²) in [6.07, 6.45) is 0.985. The van der Waals surface area contributed by atoms with E-state index in [9.17, 15) is 9.90 Å². The summed E-state index contributed by atoms with van der Waals surface area (Å²) in [5.74, 6) is 0.410. The predicted octanol–water partition coefficient (Wildman–Crippen LogP) is 3.22. The van der Waals surface area contributed by atoms with Gasteiger partial charge in [0.1, 0.15) is 0 Å². The van der Waals surface area contributed by atoms with Crippen LogP contribution in [0.3, 0.4) is 0 Å². The Morgan fingerprint density at radius 2 is 1.67 bits per heavy atom. The third-order valence-electron chi connectivity index (χ3n) is 5.21. The summed E-state index contributed by atoms with van der Waals surface area (Å²) in [4.78, 5) is 13.0. The van der Waals surface area contributed by atoms with Gasteiger partial charge in [-0.3, -0.25) is 4.79 Å². The summed E-state index contributed by atoms with van der Waals surface area (Å²) in [5.41, 5.74) is 1.08. The standard InChI is InChI=1S/C14H26O2Si2/c1-13-9-14(13,18(5,6)7)12(16)11(10(13)8-15)17(2,3)4/h15H,8-9H2,1-7H3. The van der Waals surface area contributed by atoms with E-state index < -0.39 is 16.1 Å². The molecule has 0 aromatic rings. The Kier molecular flexibility index (Phi) is 2.74. The third kappa shape index (κ3) is 1.40. The summed E-state index contributed by atoms with van der Waals surface area (Å²) >= 11 is 0. The summed E-state index contributed by atoms with van der Waals surface area (Å²) in [7, 11) is -3.23. The van der Waals surface area contributed by atoms with Crippen molar-refractivity contribution in [3.05, 3.63) is 10.8 Å². The van der Waals surface area contributed by atoms with E-state index in [-0.39, 0.29) is 17.1 Å². The number of hydrogen-bond acceptors (Lipinski definition) is 2. The van der Waals surface area contributed by atoms with Gasteiger partial charge < -0.3 is 5.11 Å². The van der Waals surface area contributed by atoms with E-state index in [0.717, 1.165) is 17.2 Å². The molecule has 2 rings (SSSR count). The molecule has 4 heteroatoms. The molecule has 2 atom stereocenters. The summed E-state index contributed by atoms with van der Waals surface area (Å²) in [6, 6.07) is 0. The van der Waals surface area contributed by atoms with Gasteiger partial charge in [0.2, 0.25) is 0 Å². The molecule has 102 valence electrons. The first kappa shape index (κ1) is 14.2. The zero-order chi connectivity index (χ0) is 14.1. The molecule has 0 aliphatic heterocycles.